The van der Waals surface area contributed by atoms with Crippen LogP contribution in [0.15, 0.2) is 89.5 Å². The molecular formula is C37H47N3O7S. The molecule has 2 N–H and O–H groups in total. The molecule has 2 aliphatic heterocycles. The molecule has 11 heteroatoms. The molecule has 0 spiro atoms. The van der Waals surface area contributed by atoms with E-state index in [0.717, 1.165) is 60.4 Å². The van der Waals surface area contributed by atoms with Crippen LogP contribution in [-0.2, 0) is 25.7 Å². The van der Waals surface area contributed by atoms with E-state index in [0.29, 0.717) is 13.0 Å². The Morgan fingerprint density at radius 3 is 2.27 bits per heavy atom. The number of carboxylic acid groups (broad SMARTS) is 1. The van der Waals surface area contributed by atoms with E-state index in [1.807, 2.05) is 56.4 Å². The van der Waals surface area contributed by atoms with Crippen LogP contribution in [0.25, 0.3) is 0 Å². The molecule has 2 heterocycles. The third-order valence-electron chi connectivity index (χ3n) is 9.45. The van der Waals surface area contributed by atoms with Crippen LogP contribution in [0.4, 0.5) is 17.1 Å². The number of nitro groups is 1. The van der Waals surface area contributed by atoms with Gasteiger partial charge >= 0.3 is 5.97 Å². The van der Waals surface area contributed by atoms with Gasteiger partial charge in [0.05, 0.1) is 15.9 Å². The lowest BCUT2D eigenvalue weighted by molar-refractivity contribution is -0.384. The molecule has 2 aliphatic rings. The number of hydrogen-bond acceptors (Lipinski definition) is 7. The minimum absolute atomic E-state index is 0.0336. The summed E-state index contributed by atoms with van der Waals surface area (Å²) < 4.78 is 33.5. The quantitative estimate of drug-likeness (QED) is 0.0629. The summed E-state index contributed by atoms with van der Waals surface area (Å²) >= 11 is 0. The molecule has 4 rings (SSSR count). The predicted molar refractivity (Wildman–Crippen MR) is 190 cm³/mol. The first kappa shape index (κ1) is 36.6. The first-order valence-electron chi connectivity index (χ1n) is 16.5. The fraction of sp³-hybridized carbons (Fsp3) is 0.432. The highest BCUT2D eigenvalue weighted by Gasteiger charge is 2.44. The molecule has 0 bridgehead atoms. The highest BCUT2D eigenvalue weighted by molar-refractivity contribution is 7.85. The summed E-state index contributed by atoms with van der Waals surface area (Å²) in [7, 11) is -4.37. The molecule has 2 aromatic rings. The number of carbonyl (C=O) groups is 1. The molecule has 0 saturated heterocycles. The van der Waals surface area contributed by atoms with Gasteiger partial charge in [-0.25, -0.2) is 0 Å². The molecule has 258 valence electrons. The lowest BCUT2D eigenvalue weighted by Crippen LogP contribution is -2.40. The summed E-state index contributed by atoms with van der Waals surface area (Å²) in [5.74, 6) is -0.814. The monoisotopic (exact) mass is 677 g/mol. The number of rotatable bonds is 15. The van der Waals surface area contributed by atoms with E-state index in [2.05, 4.69) is 36.6 Å². The number of unbranched alkanes of at least 4 members (excludes halogenated alkanes) is 3. The number of carboxylic acids is 1. The van der Waals surface area contributed by atoms with Crippen molar-refractivity contribution in [1.29, 1.82) is 0 Å². The smallest absolute Gasteiger partial charge is 0.303 e. The van der Waals surface area contributed by atoms with E-state index >= 15 is 0 Å². The summed E-state index contributed by atoms with van der Waals surface area (Å²) in [5.41, 5.74) is 3.87. The van der Waals surface area contributed by atoms with E-state index in [9.17, 15) is 27.9 Å². The number of benzene rings is 2. The molecule has 48 heavy (non-hydrogen) atoms. The van der Waals surface area contributed by atoms with Crippen molar-refractivity contribution in [2.45, 2.75) is 94.9 Å². The normalized spacial score (nSPS) is 19.2. The van der Waals surface area contributed by atoms with E-state index < -0.39 is 21.5 Å². The van der Waals surface area contributed by atoms with Gasteiger partial charge in [0.25, 0.3) is 15.8 Å². The molecule has 2 aromatic carbocycles. The highest BCUT2D eigenvalue weighted by Crippen LogP contribution is 2.49. The number of allylic oxidation sites excluding steroid dienone is 7. The molecule has 0 saturated carbocycles. The van der Waals surface area contributed by atoms with Gasteiger partial charge in [0.15, 0.2) is 0 Å². The molecule has 1 unspecified atom stereocenters. The molecule has 0 aromatic heterocycles. The van der Waals surface area contributed by atoms with Gasteiger partial charge in [0.2, 0.25) is 0 Å². The van der Waals surface area contributed by atoms with Crippen molar-refractivity contribution in [3.8, 4) is 0 Å². The maximum absolute atomic E-state index is 11.9. The van der Waals surface area contributed by atoms with Crippen LogP contribution in [0.2, 0.25) is 0 Å². The van der Waals surface area contributed by atoms with E-state index in [-0.39, 0.29) is 33.4 Å². The van der Waals surface area contributed by atoms with Crippen molar-refractivity contribution in [2.75, 3.05) is 22.9 Å². The molecule has 0 radical (unpaired) electrons. The Hall–Kier alpha value is -4.22. The summed E-state index contributed by atoms with van der Waals surface area (Å²) in [4.78, 5) is 26.4. The average Bonchev–Trinajstić information content (AvgIpc) is 3.36. The zero-order valence-electron chi connectivity index (χ0n) is 28.4. The lowest BCUT2D eigenvalue weighted by Gasteiger charge is -2.32. The first-order valence-corrected chi connectivity index (χ1v) is 17.9. The predicted octanol–water partition coefficient (Wildman–Crippen LogP) is 8.10. The first-order chi connectivity index (χ1) is 22.6. The average molecular weight is 678 g/mol. The Morgan fingerprint density at radius 2 is 1.60 bits per heavy atom. The molecular weight excluding hydrogens is 630 g/mol. The highest BCUT2D eigenvalue weighted by atomic mass is 32.2. The maximum atomic E-state index is 11.9. The van der Waals surface area contributed by atoms with Crippen molar-refractivity contribution in [1.82, 2.24) is 0 Å². The summed E-state index contributed by atoms with van der Waals surface area (Å²) in [5, 5.41) is 20.5. The topological polar surface area (TPSA) is 141 Å². The number of aliphatic carboxylic acids is 1. The van der Waals surface area contributed by atoms with Crippen molar-refractivity contribution in [3.63, 3.8) is 0 Å². The summed E-state index contributed by atoms with van der Waals surface area (Å²) in [6.45, 7) is 11.9. The number of nitrogens with zero attached hydrogens (tertiary/aromatic N) is 3. The van der Waals surface area contributed by atoms with Gasteiger partial charge in [-0.05, 0) is 60.7 Å². The van der Waals surface area contributed by atoms with Crippen LogP contribution in [0, 0.1) is 10.1 Å². The van der Waals surface area contributed by atoms with Crippen LogP contribution >= 0.6 is 0 Å². The minimum Gasteiger partial charge on any atom is -0.481 e. The fourth-order valence-electron chi connectivity index (χ4n) is 6.82. The van der Waals surface area contributed by atoms with Gasteiger partial charge in [0.1, 0.15) is 0 Å². The van der Waals surface area contributed by atoms with Gasteiger partial charge in [-0.15, -0.1) is 0 Å². The Labute approximate surface area is 284 Å². The van der Waals surface area contributed by atoms with E-state index in [1.165, 1.54) is 12.1 Å². The molecule has 10 nitrogen and oxygen atoms in total. The van der Waals surface area contributed by atoms with Crippen LogP contribution in [0.1, 0.15) is 84.3 Å². The van der Waals surface area contributed by atoms with Crippen molar-refractivity contribution in [3.05, 3.63) is 106 Å². The van der Waals surface area contributed by atoms with Gasteiger partial charge in [0, 0.05) is 59.5 Å². The zero-order chi connectivity index (χ0) is 35.3. The van der Waals surface area contributed by atoms with Crippen LogP contribution < -0.4 is 9.80 Å². The largest absolute Gasteiger partial charge is 0.481 e. The van der Waals surface area contributed by atoms with Gasteiger partial charge in [-0.2, -0.15) is 8.42 Å². The SMILES string of the molecule is CCCCN1c2ccc([N+](=O)[O-])cc2C(C)(C)C1/C=C/C=C/C=C/C=C1\N(CCCCCC(=O)O)c2ccc(S(=O)(=O)O)cc2C1(C)C. The minimum atomic E-state index is -4.37. The van der Waals surface area contributed by atoms with Crippen molar-refractivity contribution < 1.29 is 27.8 Å². The zero-order valence-corrected chi connectivity index (χ0v) is 29.2. The van der Waals surface area contributed by atoms with E-state index in [1.54, 1.807) is 18.2 Å². The van der Waals surface area contributed by atoms with Gasteiger partial charge in [-0.3, -0.25) is 19.5 Å². The lowest BCUT2D eigenvalue weighted by atomic mass is 9.80. The standard InChI is InChI=1S/C37H47N3O7S/c1-6-7-23-38-31-21-19-27(40(43)44)25-29(31)36(2,3)33(38)16-12-9-8-10-13-17-34-37(4,5)30-26-28(48(45,46)47)20-22-32(30)39(34)24-15-11-14-18-35(41)42/h8-10,12-13,16-17,19-22,25-26,33H,6-7,11,14-15,18,23-24H2,1-5H3,(H,41,42)(H,45,46,47)/b9-8+,13-10+,16-12+,34-17-. The molecule has 0 amide bonds. The second-order valence-electron chi connectivity index (χ2n) is 13.5. The van der Waals surface area contributed by atoms with Gasteiger partial charge in [-0.1, -0.05) is 83.9 Å². The van der Waals surface area contributed by atoms with E-state index in [4.69, 9.17) is 5.11 Å². The Kier molecular flexibility index (Phi) is 11.4. The fourth-order valence-corrected chi connectivity index (χ4v) is 7.33. The third-order valence-corrected chi connectivity index (χ3v) is 10.3. The number of anilines is 2. The Bertz CT molecular complexity index is 1760. The summed E-state index contributed by atoms with van der Waals surface area (Å²) in [6.07, 6.45) is 18.2. The molecule has 0 aliphatic carbocycles. The van der Waals surface area contributed by atoms with Crippen LogP contribution in [0.5, 0.6) is 0 Å². The van der Waals surface area contributed by atoms with Crippen LogP contribution in [-0.4, -0.2) is 48.1 Å². The third kappa shape index (κ3) is 7.90. The van der Waals surface area contributed by atoms with Crippen molar-refractivity contribution in [2.24, 2.45) is 0 Å². The Balaban J connectivity index is 1.54. The molecule has 1 atom stereocenters. The number of hydrogen-bond donors (Lipinski definition) is 2. The van der Waals surface area contributed by atoms with Crippen molar-refractivity contribution >= 4 is 33.1 Å². The maximum Gasteiger partial charge on any atom is 0.303 e. The second kappa shape index (κ2) is 14.9. The number of fused-ring (bicyclic) bond motifs is 2. The second-order valence-corrected chi connectivity index (χ2v) is 14.9. The van der Waals surface area contributed by atoms with Crippen LogP contribution in [0.3, 0.4) is 0 Å². The number of nitro benzene ring substituents is 1. The number of non-ortho nitro benzene ring substituents is 1. The molecule has 0 fully saturated rings. The van der Waals surface area contributed by atoms with Gasteiger partial charge < -0.3 is 14.9 Å². The summed E-state index contributed by atoms with van der Waals surface area (Å²) in [6, 6.07) is 9.85. The Morgan fingerprint density at radius 1 is 0.917 bits per heavy atom.